The molecule has 3 aromatic rings. The van der Waals surface area contributed by atoms with Crippen molar-refractivity contribution >= 4 is 23.4 Å². The summed E-state index contributed by atoms with van der Waals surface area (Å²) in [7, 11) is 1.61. The minimum absolute atomic E-state index is 0.0307. The molecule has 2 heterocycles. The van der Waals surface area contributed by atoms with Crippen LogP contribution in [0.5, 0.6) is 5.75 Å². The fraction of sp³-hybridized carbons (Fsp3) is 0.261. The number of ether oxygens (including phenoxy) is 1. The Bertz CT molecular complexity index is 1180. The Hall–Kier alpha value is -4.21. The van der Waals surface area contributed by atoms with Crippen LogP contribution in [0.3, 0.4) is 0 Å². The maximum absolute atomic E-state index is 13.0. The number of rotatable bonds is 7. The Morgan fingerprint density at radius 3 is 2.73 bits per heavy atom. The fourth-order valence-electron chi connectivity index (χ4n) is 3.54. The summed E-state index contributed by atoms with van der Waals surface area (Å²) < 4.78 is 7.35. The van der Waals surface area contributed by atoms with Crippen LogP contribution in [0.1, 0.15) is 28.2 Å². The smallest absolute Gasteiger partial charge is 0.291 e. The van der Waals surface area contributed by atoms with Crippen molar-refractivity contribution in [3.05, 3.63) is 71.8 Å². The number of primary amides is 1. The number of anilines is 1. The van der Waals surface area contributed by atoms with Crippen molar-refractivity contribution in [1.82, 2.24) is 20.1 Å². The summed E-state index contributed by atoms with van der Waals surface area (Å²) >= 11 is 0. The van der Waals surface area contributed by atoms with Crippen molar-refractivity contribution in [2.24, 2.45) is 5.73 Å². The first kappa shape index (κ1) is 22.0. The van der Waals surface area contributed by atoms with E-state index >= 15 is 0 Å². The van der Waals surface area contributed by atoms with E-state index in [2.05, 4.69) is 15.4 Å². The van der Waals surface area contributed by atoms with Crippen LogP contribution in [0.4, 0.5) is 5.69 Å². The number of aromatic nitrogens is 3. The van der Waals surface area contributed by atoms with E-state index in [-0.39, 0.29) is 24.8 Å². The van der Waals surface area contributed by atoms with Gasteiger partial charge in [0.15, 0.2) is 0 Å². The predicted octanol–water partition coefficient (Wildman–Crippen LogP) is 0.898. The number of carbonyl (C=O) groups is 3. The minimum atomic E-state index is -0.912. The third-order valence-corrected chi connectivity index (χ3v) is 5.31. The van der Waals surface area contributed by atoms with Crippen LogP contribution in [-0.2, 0) is 22.6 Å². The molecule has 0 saturated heterocycles. The van der Waals surface area contributed by atoms with Crippen molar-refractivity contribution in [2.45, 2.75) is 25.4 Å². The van der Waals surface area contributed by atoms with Crippen LogP contribution in [0, 0.1) is 0 Å². The molecule has 1 aliphatic rings. The first-order valence-electron chi connectivity index (χ1n) is 10.5. The largest absolute Gasteiger partial charge is 0.489 e. The molecule has 1 atom stereocenters. The Kier molecular flexibility index (Phi) is 6.34. The van der Waals surface area contributed by atoms with Crippen molar-refractivity contribution in [1.29, 1.82) is 0 Å². The molecule has 10 nitrogen and oxygen atoms in total. The van der Waals surface area contributed by atoms with Crippen molar-refractivity contribution in [2.75, 3.05) is 18.6 Å². The third-order valence-electron chi connectivity index (χ3n) is 5.31. The molecule has 3 N–H and O–H groups in total. The standard InChI is InChI=1S/C23H24N6O4/c1-28-18-11-15(8-10-20(24)30)7-9-19(18)33-13-17(23(28)32)26-22(31)21-25-14-29(27-21)12-16-5-3-2-4-6-16/h2-7,9,11,14,17H,8,10,12-13H2,1H3,(H2,24,30)(H,26,31). The minimum Gasteiger partial charge on any atom is -0.489 e. The Balaban J connectivity index is 1.43. The van der Waals surface area contributed by atoms with Gasteiger partial charge in [-0.05, 0) is 29.7 Å². The average Bonchev–Trinajstić information content (AvgIpc) is 3.24. The first-order chi connectivity index (χ1) is 15.9. The van der Waals surface area contributed by atoms with Crippen LogP contribution in [-0.4, -0.2) is 52.2 Å². The molecule has 2 aromatic carbocycles. The zero-order valence-electron chi connectivity index (χ0n) is 18.1. The van der Waals surface area contributed by atoms with Crippen molar-refractivity contribution < 1.29 is 19.1 Å². The summed E-state index contributed by atoms with van der Waals surface area (Å²) in [5.74, 6) is -0.816. The van der Waals surface area contributed by atoms with E-state index in [4.69, 9.17) is 10.5 Å². The fourth-order valence-corrected chi connectivity index (χ4v) is 3.54. The average molecular weight is 448 g/mol. The summed E-state index contributed by atoms with van der Waals surface area (Å²) in [6.07, 6.45) is 2.14. The van der Waals surface area contributed by atoms with Crippen LogP contribution in [0.2, 0.25) is 0 Å². The molecule has 0 bridgehead atoms. The Morgan fingerprint density at radius 1 is 1.18 bits per heavy atom. The SMILES string of the molecule is CN1C(=O)C(NC(=O)c2ncn(Cc3ccccc3)n2)COc2ccc(CCC(N)=O)cc21. The highest BCUT2D eigenvalue weighted by atomic mass is 16.5. The van der Waals surface area contributed by atoms with Gasteiger partial charge >= 0.3 is 0 Å². The molecule has 0 aliphatic carbocycles. The molecule has 0 fully saturated rings. The molecule has 33 heavy (non-hydrogen) atoms. The number of nitrogens with two attached hydrogens (primary N) is 1. The van der Waals surface area contributed by atoms with Crippen LogP contribution in [0.25, 0.3) is 0 Å². The van der Waals surface area contributed by atoms with Crippen LogP contribution >= 0.6 is 0 Å². The van der Waals surface area contributed by atoms with E-state index in [0.717, 1.165) is 11.1 Å². The Labute approximate surface area is 190 Å². The molecule has 0 saturated carbocycles. The molecule has 4 rings (SSSR count). The van der Waals surface area contributed by atoms with Gasteiger partial charge in [-0.2, -0.15) is 0 Å². The summed E-state index contributed by atoms with van der Waals surface area (Å²) in [6, 6.07) is 14.1. The maximum atomic E-state index is 13.0. The van der Waals surface area contributed by atoms with Gasteiger partial charge < -0.3 is 20.7 Å². The predicted molar refractivity (Wildman–Crippen MR) is 120 cm³/mol. The maximum Gasteiger partial charge on any atom is 0.291 e. The number of nitrogens with one attached hydrogen (secondary N) is 1. The zero-order chi connectivity index (χ0) is 23.4. The van der Waals surface area contributed by atoms with Gasteiger partial charge in [0.25, 0.3) is 11.8 Å². The Morgan fingerprint density at radius 2 is 1.97 bits per heavy atom. The third kappa shape index (κ3) is 5.17. The van der Waals surface area contributed by atoms with Gasteiger partial charge in [0.1, 0.15) is 24.7 Å². The van der Waals surface area contributed by atoms with E-state index in [9.17, 15) is 14.4 Å². The van der Waals surface area contributed by atoms with E-state index in [1.807, 2.05) is 36.4 Å². The highest BCUT2D eigenvalue weighted by Crippen LogP contribution is 2.32. The normalized spacial score (nSPS) is 15.4. The van der Waals surface area contributed by atoms with Crippen LogP contribution < -0.4 is 20.7 Å². The molecule has 0 radical (unpaired) electrons. The monoisotopic (exact) mass is 448 g/mol. The van der Waals surface area contributed by atoms with E-state index in [1.54, 1.807) is 23.9 Å². The highest BCUT2D eigenvalue weighted by molar-refractivity contribution is 6.02. The molecular formula is C23H24N6O4. The second-order valence-electron chi connectivity index (χ2n) is 7.75. The zero-order valence-corrected chi connectivity index (χ0v) is 18.1. The van der Waals surface area contributed by atoms with Gasteiger partial charge in [0.05, 0.1) is 12.2 Å². The van der Waals surface area contributed by atoms with Gasteiger partial charge in [-0.15, -0.1) is 5.10 Å². The van der Waals surface area contributed by atoms with Crippen molar-refractivity contribution in [3.63, 3.8) is 0 Å². The van der Waals surface area contributed by atoms with E-state index in [1.165, 1.54) is 11.2 Å². The lowest BCUT2D eigenvalue weighted by Crippen LogP contribution is -2.49. The lowest BCUT2D eigenvalue weighted by Gasteiger charge is -2.20. The molecule has 3 amide bonds. The molecule has 1 aliphatic heterocycles. The number of fused-ring (bicyclic) bond motifs is 1. The summed E-state index contributed by atoms with van der Waals surface area (Å²) in [5, 5.41) is 6.88. The van der Waals surface area contributed by atoms with Crippen molar-refractivity contribution in [3.8, 4) is 5.75 Å². The van der Waals surface area contributed by atoms with E-state index in [0.29, 0.717) is 24.4 Å². The number of likely N-dealkylation sites (N-methyl/N-ethyl adjacent to an activating group) is 1. The number of hydrogen-bond donors (Lipinski definition) is 2. The molecule has 10 heteroatoms. The molecule has 170 valence electrons. The number of hydrogen-bond acceptors (Lipinski definition) is 6. The molecular weight excluding hydrogens is 424 g/mol. The summed E-state index contributed by atoms with van der Waals surface area (Å²) in [6.45, 7) is 0.440. The second-order valence-corrected chi connectivity index (χ2v) is 7.75. The highest BCUT2D eigenvalue weighted by Gasteiger charge is 2.31. The quantitative estimate of drug-likeness (QED) is 0.552. The molecule has 0 spiro atoms. The number of amides is 3. The van der Waals surface area contributed by atoms with Gasteiger partial charge in [-0.1, -0.05) is 36.4 Å². The number of aryl methyl sites for hydroxylation is 1. The number of carbonyl (C=O) groups excluding carboxylic acids is 3. The van der Waals surface area contributed by atoms with Gasteiger partial charge in [0.2, 0.25) is 11.7 Å². The lowest BCUT2D eigenvalue weighted by atomic mass is 10.1. The lowest BCUT2D eigenvalue weighted by molar-refractivity contribution is -0.120. The summed E-state index contributed by atoms with van der Waals surface area (Å²) in [4.78, 5) is 42.3. The van der Waals surface area contributed by atoms with Crippen LogP contribution in [0.15, 0.2) is 54.9 Å². The van der Waals surface area contributed by atoms with E-state index < -0.39 is 17.9 Å². The second kappa shape index (κ2) is 9.51. The molecule has 1 aromatic heterocycles. The van der Waals surface area contributed by atoms with Gasteiger partial charge in [-0.25, -0.2) is 9.67 Å². The van der Waals surface area contributed by atoms with Gasteiger partial charge in [0, 0.05) is 13.5 Å². The first-order valence-corrected chi connectivity index (χ1v) is 10.5. The number of nitrogens with zero attached hydrogens (tertiary/aromatic N) is 4. The number of benzene rings is 2. The van der Waals surface area contributed by atoms with Gasteiger partial charge in [-0.3, -0.25) is 14.4 Å². The molecule has 1 unspecified atom stereocenters. The topological polar surface area (TPSA) is 132 Å². The summed E-state index contributed by atoms with van der Waals surface area (Å²) in [5.41, 5.74) is 7.66.